The number of aromatic nitrogens is 2. The van der Waals surface area contributed by atoms with Gasteiger partial charge in [-0.25, -0.2) is 0 Å². The molecule has 4 aromatic heterocycles. The number of fused-ring (bicyclic) bond motifs is 12. The largest absolute Gasteiger partial charge is 0.456 e. The summed E-state index contributed by atoms with van der Waals surface area (Å²) in [6.45, 7) is 0. The Balaban J connectivity index is 1.17. The summed E-state index contributed by atoms with van der Waals surface area (Å²) in [5.74, 6) is 0. The Bertz CT molecular complexity index is 3360. The van der Waals surface area contributed by atoms with Gasteiger partial charge in [-0.05, 0) is 91.0 Å². The first-order valence-corrected chi connectivity index (χ1v) is 17.2. The highest BCUT2D eigenvalue weighted by molar-refractivity contribution is 7.25. The fourth-order valence-corrected chi connectivity index (χ4v) is 9.00. The van der Waals surface area contributed by atoms with E-state index >= 15 is 0 Å². The van der Waals surface area contributed by atoms with Crippen molar-refractivity contribution in [3.63, 3.8) is 0 Å². The first-order chi connectivity index (χ1) is 24.7. The summed E-state index contributed by atoms with van der Waals surface area (Å²) < 4.78 is 13.4. The normalized spacial score (nSPS) is 12.0. The number of para-hydroxylation sites is 2. The zero-order chi connectivity index (χ0) is 33.1. The Morgan fingerprint density at radius 3 is 1.66 bits per heavy atom. The van der Waals surface area contributed by atoms with E-state index in [1.165, 1.54) is 20.2 Å². The second-order valence-corrected chi connectivity index (χ2v) is 13.9. The van der Waals surface area contributed by atoms with Crippen molar-refractivity contribution in [1.82, 2.24) is 9.13 Å². The molecule has 6 heteroatoms. The lowest BCUT2D eigenvalue weighted by Gasteiger charge is -2.10. The second-order valence-electron chi connectivity index (χ2n) is 12.8. The Labute approximate surface area is 288 Å². The van der Waals surface area contributed by atoms with Crippen LogP contribution in [0.15, 0.2) is 138 Å². The van der Waals surface area contributed by atoms with Crippen LogP contribution in [0.2, 0.25) is 0 Å². The van der Waals surface area contributed by atoms with Gasteiger partial charge in [0.05, 0.1) is 45.3 Å². The second kappa shape index (κ2) is 9.84. The number of hydrogen-bond donors (Lipinski definition) is 0. The van der Waals surface area contributed by atoms with E-state index in [2.05, 4.69) is 112 Å². The fraction of sp³-hybridized carbons (Fsp3) is 0. The van der Waals surface area contributed by atoms with Crippen LogP contribution in [0.4, 0.5) is 0 Å². The molecule has 11 rings (SSSR count). The van der Waals surface area contributed by atoms with Gasteiger partial charge in [-0.1, -0.05) is 36.4 Å². The van der Waals surface area contributed by atoms with E-state index in [1.54, 1.807) is 11.3 Å². The van der Waals surface area contributed by atoms with Crippen LogP contribution in [0.3, 0.4) is 0 Å². The average Bonchev–Trinajstić information content (AvgIpc) is 3.90. The zero-order valence-electron chi connectivity index (χ0n) is 26.3. The summed E-state index contributed by atoms with van der Waals surface area (Å²) in [5.41, 5.74) is 9.36. The van der Waals surface area contributed by atoms with E-state index in [9.17, 15) is 10.5 Å². The molecule has 0 unspecified atom stereocenters. The Kier molecular flexibility index (Phi) is 5.34. The van der Waals surface area contributed by atoms with Gasteiger partial charge in [0.1, 0.15) is 11.2 Å². The van der Waals surface area contributed by atoms with Crippen LogP contribution in [-0.4, -0.2) is 9.13 Å². The highest BCUT2D eigenvalue weighted by atomic mass is 32.1. The molecule has 0 spiro atoms. The predicted molar refractivity (Wildman–Crippen MR) is 205 cm³/mol. The first kappa shape index (κ1) is 27.1. The minimum Gasteiger partial charge on any atom is -0.456 e. The monoisotopic (exact) mass is 654 g/mol. The molecule has 11 aromatic rings. The molecule has 50 heavy (non-hydrogen) atoms. The van der Waals surface area contributed by atoms with Crippen LogP contribution in [0, 0.1) is 22.7 Å². The number of hydrogen-bond acceptors (Lipinski definition) is 4. The summed E-state index contributed by atoms with van der Waals surface area (Å²) in [5, 5.41) is 28.3. The van der Waals surface area contributed by atoms with E-state index in [0.717, 1.165) is 76.9 Å². The standard InChI is InChI=1S/C44H22N4OS/c45-23-25-9-13-38-31(17-25)29-5-1-3-7-37(29)47(38)27-11-15-43-35(19-27)36-20-28(12-16-44(36)50-43)48-39-14-10-26(24-46)18-32(39)33-21-34-30-6-2-4-8-41(30)49-42(34)22-40(33)48/h1-22H. The van der Waals surface area contributed by atoms with Crippen LogP contribution in [0.25, 0.3) is 97.1 Å². The Morgan fingerprint density at radius 2 is 0.980 bits per heavy atom. The van der Waals surface area contributed by atoms with Crippen LogP contribution in [-0.2, 0) is 0 Å². The molecule has 0 fully saturated rings. The van der Waals surface area contributed by atoms with Crippen molar-refractivity contribution in [3.05, 3.63) is 145 Å². The van der Waals surface area contributed by atoms with Crippen LogP contribution >= 0.6 is 11.3 Å². The minimum atomic E-state index is 0.634. The third kappa shape index (κ3) is 3.63. The molecule has 5 nitrogen and oxygen atoms in total. The molecule has 0 atom stereocenters. The molecule has 0 radical (unpaired) electrons. The molecule has 230 valence electrons. The molecule has 0 amide bonds. The maximum atomic E-state index is 9.81. The van der Waals surface area contributed by atoms with Gasteiger partial charge in [-0.15, -0.1) is 11.3 Å². The van der Waals surface area contributed by atoms with Gasteiger partial charge in [0, 0.05) is 69.9 Å². The lowest BCUT2D eigenvalue weighted by atomic mass is 10.1. The van der Waals surface area contributed by atoms with Crippen molar-refractivity contribution in [3.8, 4) is 23.5 Å². The van der Waals surface area contributed by atoms with E-state index in [-0.39, 0.29) is 0 Å². The van der Waals surface area contributed by atoms with Gasteiger partial charge < -0.3 is 13.6 Å². The van der Waals surface area contributed by atoms with E-state index < -0.39 is 0 Å². The molecule has 0 bridgehead atoms. The number of benzene rings is 7. The highest BCUT2D eigenvalue weighted by Crippen LogP contribution is 2.42. The number of nitriles is 2. The lowest BCUT2D eigenvalue weighted by Crippen LogP contribution is -1.94. The molecule has 7 aromatic carbocycles. The minimum absolute atomic E-state index is 0.634. The number of nitrogens with zero attached hydrogens (tertiary/aromatic N) is 4. The summed E-state index contributed by atoms with van der Waals surface area (Å²) in [6, 6.07) is 50.9. The fourth-order valence-electron chi connectivity index (χ4n) is 7.94. The van der Waals surface area contributed by atoms with E-state index in [0.29, 0.717) is 11.1 Å². The molecule has 4 heterocycles. The molecule has 0 aliphatic heterocycles. The summed E-state index contributed by atoms with van der Waals surface area (Å²) in [7, 11) is 0. The quantitative estimate of drug-likeness (QED) is 0.186. The van der Waals surface area contributed by atoms with Crippen molar-refractivity contribution in [2.45, 2.75) is 0 Å². The summed E-state index contributed by atoms with van der Waals surface area (Å²) >= 11 is 1.80. The van der Waals surface area contributed by atoms with Gasteiger partial charge in [0.25, 0.3) is 0 Å². The molecule has 0 N–H and O–H groups in total. The number of furan rings is 1. The Hall–Kier alpha value is -6.86. The van der Waals surface area contributed by atoms with Gasteiger partial charge in [-0.2, -0.15) is 10.5 Å². The number of rotatable bonds is 2. The summed E-state index contributed by atoms with van der Waals surface area (Å²) in [6.07, 6.45) is 0. The van der Waals surface area contributed by atoms with E-state index in [1.807, 2.05) is 42.5 Å². The maximum Gasteiger partial charge on any atom is 0.137 e. The van der Waals surface area contributed by atoms with Gasteiger partial charge in [0.2, 0.25) is 0 Å². The first-order valence-electron chi connectivity index (χ1n) is 16.4. The number of thiophene rings is 1. The predicted octanol–water partition coefficient (Wildman–Crippen LogP) is 11.9. The smallest absolute Gasteiger partial charge is 0.137 e. The molecule has 0 aliphatic rings. The van der Waals surface area contributed by atoms with Crippen molar-refractivity contribution in [2.75, 3.05) is 0 Å². The van der Waals surface area contributed by atoms with Crippen LogP contribution in [0.5, 0.6) is 0 Å². The van der Waals surface area contributed by atoms with E-state index in [4.69, 9.17) is 4.42 Å². The third-order valence-electron chi connectivity index (χ3n) is 10.1. The summed E-state index contributed by atoms with van der Waals surface area (Å²) in [4.78, 5) is 0. The van der Waals surface area contributed by atoms with Gasteiger partial charge in [0.15, 0.2) is 0 Å². The molecular weight excluding hydrogens is 633 g/mol. The van der Waals surface area contributed by atoms with Crippen molar-refractivity contribution < 1.29 is 4.42 Å². The highest BCUT2D eigenvalue weighted by Gasteiger charge is 2.19. The topological polar surface area (TPSA) is 70.6 Å². The molecular formula is C44H22N4OS. The average molecular weight is 655 g/mol. The van der Waals surface area contributed by atoms with Gasteiger partial charge >= 0.3 is 0 Å². The molecule has 0 saturated carbocycles. The zero-order valence-corrected chi connectivity index (χ0v) is 27.1. The van der Waals surface area contributed by atoms with Gasteiger partial charge in [-0.3, -0.25) is 0 Å². The molecule has 0 saturated heterocycles. The van der Waals surface area contributed by atoms with Crippen molar-refractivity contribution in [1.29, 1.82) is 10.5 Å². The van der Waals surface area contributed by atoms with Crippen molar-refractivity contribution in [2.24, 2.45) is 0 Å². The third-order valence-corrected chi connectivity index (χ3v) is 11.3. The van der Waals surface area contributed by atoms with Crippen LogP contribution in [0.1, 0.15) is 11.1 Å². The SMILES string of the molecule is N#Cc1ccc2c(c1)c1ccccc1n2-c1ccc2sc3ccc(-n4c5ccc(C#N)cc5c5cc6c(cc54)oc4ccccc46)cc3c2c1. The lowest BCUT2D eigenvalue weighted by molar-refractivity contribution is 0.669. The van der Waals surface area contributed by atoms with Crippen LogP contribution < -0.4 is 0 Å². The van der Waals surface area contributed by atoms with Crippen molar-refractivity contribution >= 4 is 97.1 Å². The maximum absolute atomic E-state index is 9.81. The molecule has 0 aliphatic carbocycles. The Morgan fingerprint density at radius 1 is 0.420 bits per heavy atom.